The molecule has 1 saturated heterocycles. The van der Waals surface area contributed by atoms with E-state index in [2.05, 4.69) is 5.32 Å². The van der Waals surface area contributed by atoms with Gasteiger partial charge in [0.25, 0.3) is 16.0 Å². The van der Waals surface area contributed by atoms with Crippen LogP contribution in [0.25, 0.3) is 6.08 Å². The molecule has 8 heteroatoms. The van der Waals surface area contributed by atoms with Gasteiger partial charge in [-0.1, -0.05) is 42.2 Å². The zero-order valence-corrected chi connectivity index (χ0v) is 11.2. The van der Waals surface area contributed by atoms with Crippen molar-refractivity contribution < 1.29 is 17.8 Å². The lowest BCUT2D eigenvalue weighted by Crippen LogP contribution is -2.17. The van der Waals surface area contributed by atoms with Gasteiger partial charge in [-0.15, -0.1) is 0 Å². The molecule has 0 bridgehead atoms. The fourth-order valence-corrected chi connectivity index (χ4v) is 3.11. The summed E-state index contributed by atoms with van der Waals surface area (Å²) in [7, 11) is -4.32. The Hall–Kier alpha value is -1.22. The lowest BCUT2D eigenvalue weighted by molar-refractivity contribution is -0.115. The van der Waals surface area contributed by atoms with Crippen molar-refractivity contribution in [2.75, 3.05) is 0 Å². The third kappa shape index (κ3) is 2.78. The van der Waals surface area contributed by atoms with Crippen LogP contribution in [-0.4, -0.2) is 23.2 Å². The maximum absolute atomic E-state index is 11.5. The maximum Gasteiger partial charge on any atom is 0.295 e. The molecule has 2 rings (SSSR count). The predicted molar refractivity (Wildman–Crippen MR) is 72.6 cm³/mol. The van der Waals surface area contributed by atoms with Crippen LogP contribution in [0.2, 0.25) is 0 Å². The molecule has 0 aromatic heterocycles. The van der Waals surface area contributed by atoms with Crippen molar-refractivity contribution >= 4 is 50.4 Å². The van der Waals surface area contributed by atoms with Crippen LogP contribution in [0, 0.1) is 0 Å². The van der Waals surface area contributed by atoms with E-state index in [1.54, 1.807) is 6.07 Å². The first-order valence-corrected chi connectivity index (χ1v) is 7.36. The Kier molecular flexibility index (Phi) is 3.53. The van der Waals surface area contributed by atoms with Gasteiger partial charge in [0.2, 0.25) is 0 Å². The van der Waals surface area contributed by atoms with Gasteiger partial charge in [0.05, 0.1) is 4.91 Å². The SMILES string of the molecule is O=C1NC(=S)SC1=Cc1ccccc1S(=O)(=O)O. The van der Waals surface area contributed by atoms with Crippen LogP contribution in [0.1, 0.15) is 5.56 Å². The molecule has 94 valence electrons. The Morgan fingerprint density at radius 3 is 2.56 bits per heavy atom. The quantitative estimate of drug-likeness (QED) is 0.488. The van der Waals surface area contributed by atoms with Crippen molar-refractivity contribution in [3.05, 3.63) is 34.7 Å². The Bertz CT molecular complexity index is 663. The van der Waals surface area contributed by atoms with E-state index in [1.165, 1.54) is 24.3 Å². The molecule has 1 heterocycles. The number of amides is 1. The molecular weight excluding hydrogens is 294 g/mol. The summed E-state index contributed by atoms with van der Waals surface area (Å²) in [5.74, 6) is -0.379. The van der Waals surface area contributed by atoms with Gasteiger partial charge >= 0.3 is 0 Å². The number of rotatable bonds is 2. The lowest BCUT2D eigenvalue weighted by atomic mass is 10.2. The van der Waals surface area contributed by atoms with E-state index in [9.17, 15) is 13.2 Å². The first kappa shape index (κ1) is 13.2. The second-order valence-electron chi connectivity index (χ2n) is 3.37. The van der Waals surface area contributed by atoms with E-state index < -0.39 is 10.1 Å². The number of thiocarbonyl (C=S) groups is 1. The monoisotopic (exact) mass is 301 g/mol. The van der Waals surface area contributed by atoms with Crippen LogP contribution in [-0.2, 0) is 14.9 Å². The number of hydrogen-bond donors (Lipinski definition) is 2. The third-order valence-electron chi connectivity index (χ3n) is 2.13. The van der Waals surface area contributed by atoms with Crippen LogP contribution in [0.5, 0.6) is 0 Å². The standard InChI is InChI=1S/C10H7NO4S3/c12-9-7(17-10(16)11-9)5-6-3-1-2-4-8(6)18(13,14)15/h1-5H,(H,11,12,16)(H,13,14,15). The molecule has 1 aromatic carbocycles. The van der Waals surface area contributed by atoms with Crippen molar-refractivity contribution in [1.29, 1.82) is 0 Å². The molecule has 0 aliphatic carbocycles. The van der Waals surface area contributed by atoms with Gasteiger partial charge in [-0.05, 0) is 17.7 Å². The average molecular weight is 301 g/mol. The summed E-state index contributed by atoms with van der Waals surface area (Å²) in [4.78, 5) is 11.5. The molecule has 0 radical (unpaired) electrons. The molecule has 1 aliphatic rings. The fourth-order valence-electron chi connectivity index (χ4n) is 1.40. The highest BCUT2D eigenvalue weighted by molar-refractivity contribution is 8.26. The Balaban J connectivity index is 2.51. The Morgan fingerprint density at radius 2 is 2.00 bits per heavy atom. The number of benzene rings is 1. The molecule has 0 unspecified atom stereocenters. The summed E-state index contributed by atoms with van der Waals surface area (Å²) in [6.45, 7) is 0. The van der Waals surface area contributed by atoms with Crippen LogP contribution < -0.4 is 5.32 Å². The van der Waals surface area contributed by atoms with Crippen molar-refractivity contribution in [3.8, 4) is 0 Å². The topological polar surface area (TPSA) is 83.5 Å². The number of nitrogens with one attached hydrogen (secondary N) is 1. The summed E-state index contributed by atoms with van der Waals surface area (Å²) >= 11 is 5.86. The molecule has 2 N–H and O–H groups in total. The fraction of sp³-hybridized carbons (Fsp3) is 0. The highest BCUT2D eigenvalue weighted by atomic mass is 32.2. The molecule has 18 heavy (non-hydrogen) atoms. The number of carbonyl (C=O) groups is 1. The van der Waals surface area contributed by atoms with Crippen LogP contribution in [0.15, 0.2) is 34.1 Å². The predicted octanol–water partition coefficient (Wildman–Crippen LogP) is 1.42. The van der Waals surface area contributed by atoms with Crippen molar-refractivity contribution in [2.24, 2.45) is 0 Å². The molecule has 1 aliphatic heterocycles. The van der Waals surface area contributed by atoms with E-state index in [1.807, 2.05) is 0 Å². The van der Waals surface area contributed by atoms with E-state index in [0.717, 1.165) is 11.8 Å². The second-order valence-corrected chi connectivity index (χ2v) is 6.47. The highest BCUT2D eigenvalue weighted by Gasteiger charge is 2.23. The molecule has 1 aromatic rings. The molecule has 1 fully saturated rings. The summed E-state index contributed by atoms with van der Waals surface area (Å²) in [6.07, 6.45) is 1.38. The second kappa shape index (κ2) is 4.81. The van der Waals surface area contributed by atoms with Crippen molar-refractivity contribution in [3.63, 3.8) is 0 Å². The average Bonchev–Trinajstić information content (AvgIpc) is 2.57. The number of hydrogen-bond acceptors (Lipinski definition) is 5. The number of thioether (sulfide) groups is 1. The Labute approximate surface area is 113 Å². The van der Waals surface area contributed by atoms with Crippen molar-refractivity contribution in [2.45, 2.75) is 4.90 Å². The van der Waals surface area contributed by atoms with Gasteiger partial charge in [-0.3, -0.25) is 9.35 Å². The molecule has 0 saturated carbocycles. The van der Waals surface area contributed by atoms with Crippen LogP contribution in [0.3, 0.4) is 0 Å². The minimum Gasteiger partial charge on any atom is -0.307 e. The molecule has 1 amide bonds. The largest absolute Gasteiger partial charge is 0.307 e. The van der Waals surface area contributed by atoms with Gasteiger partial charge < -0.3 is 5.32 Å². The Morgan fingerprint density at radius 1 is 1.33 bits per heavy atom. The summed E-state index contributed by atoms with van der Waals surface area (Å²) in [5, 5.41) is 2.42. The van der Waals surface area contributed by atoms with Gasteiger partial charge in [-0.2, -0.15) is 8.42 Å². The van der Waals surface area contributed by atoms with Crippen LogP contribution in [0.4, 0.5) is 0 Å². The van der Waals surface area contributed by atoms with Gasteiger partial charge in [0.15, 0.2) is 0 Å². The van der Waals surface area contributed by atoms with Gasteiger partial charge in [0.1, 0.15) is 9.22 Å². The van der Waals surface area contributed by atoms with E-state index >= 15 is 0 Å². The summed E-state index contributed by atoms with van der Waals surface area (Å²) in [6, 6.07) is 5.84. The van der Waals surface area contributed by atoms with Gasteiger partial charge in [-0.25, -0.2) is 0 Å². The maximum atomic E-state index is 11.5. The third-order valence-corrected chi connectivity index (χ3v) is 4.22. The zero-order chi connectivity index (χ0) is 13.3. The lowest BCUT2D eigenvalue weighted by Gasteiger charge is -2.02. The van der Waals surface area contributed by atoms with E-state index in [-0.39, 0.29) is 21.3 Å². The van der Waals surface area contributed by atoms with E-state index in [0.29, 0.717) is 4.32 Å². The first-order valence-electron chi connectivity index (χ1n) is 4.69. The summed E-state index contributed by atoms with van der Waals surface area (Å²) < 4.78 is 31.7. The van der Waals surface area contributed by atoms with E-state index in [4.69, 9.17) is 16.8 Å². The van der Waals surface area contributed by atoms with Crippen LogP contribution >= 0.6 is 24.0 Å². The summed E-state index contributed by atoms with van der Waals surface area (Å²) in [5.41, 5.74) is 0.238. The zero-order valence-electron chi connectivity index (χ0n) is 8.78. The number of carbonyl (C=O) groups excluding carboxylic acids is 1. The molecule has 5 nitrogen and oxygen atoms in total. The minimum atomic E-state index is -4.32. The smallest absolute Gasteiger partial charge is 0.295 e. The normalized spacial score (nSPS) is 18.2. The highest BCUT2D eigenvalue weighted by Crippen LogP contribution is 2.27. The minimum absolute atomic E-state index is 0.238. The van der Waals surface area contributed by atoms with Crippen molar-refractivity contribution in [1.82, 2.24) is 5.32 Å². The first-order chi connectivity index (χ1) is 8.38. The molecular formula is C10H7NO4S3. The molecule has 0 atom stereocenters. The van der Waals surface area contributed by atoms with Gasteiger partial charge in [0, 0.05) is 0 Å². The molecule has 0 spiro atoms.